The van der Waals surface area contributed by atoms with Crippen LogP contribution in [0.4, 0.5) is 3.89 Å². The molecule has 5 heteroatoms. The quantitative estimate of drug-likeness (QED) is 0.611. The van der Waals surface area contributed by atoms with Crippen LogP contribution in [-0.2, 0) is 0 Å². The molecule has 0 aromatic heterocycles. The highest BCUT2D eigenvalue weighted by Gasteiger charge is 2.05. The zero-order valence-electron chi connectivity index (χ0n) is 8.48. The Bertz CT molecular complexity index is 350. The van der Waals surface area contributed by atoms with E-state index in [9.17, 15) is 3.89 Å². The van der Waals surface area contributed by atoms with E-state index >= 15 is 0 Å². The predicted octanol–water partition coefficient (Wildman–Crippen LogP) is 2.04. The molecule has 0 aliphatic rings. The van der Waals surface area contributed by atoms with Gasteiger partial charge in [0, 0.05) is 17.4 Å². The Hall–Kier alpha value is -1.23. The largest absolute Gasteiger partial charge is 0.370 e. The SMILES string of the molecule is C[C@@H](CN=C(N)N)c1cccc(SF)c1. The van der Waals surface area contributed by atoms with E-state index < -0.39 is 0 Å². The number of guanidine groups is 1. The maximum atomic E-state index is 12.3. The maximum absolute atomic E-state index is 12.3. The second-order valence-electron chi connectivity index (χ2n) is 3.32. The average molecular weight is 227 g/mol. The van der Waals surface area contributed by atoms with Gasteiger partial charge in [0.1, 0.15) is 0 Å². The molecule has 0 heterocycles. The fourth-order valence-electron chi connectivity index (χ4n) is 1.22. The fourth-order valence-corrected chi connectivity index (χ4v) is 1.53. The molecule has 0 aliphatic carbocycles. The van der Waals surface area contributed by atoms with Gasteiger partial charge in [-0.25, -0.2) is 0 Å². The van der Waals surface area contributed by atoms with Crippen LogP contribution in [0.3, 0.4) is 0 Å². The summed E-state index contributed by atoms with van der Waals surface area (Å²) in [4.78, 5) is 4.53. The first kappa shape index (κ1) is 11.8. The summed E-state index contributed by atoms with van der Waals surface area (Å²) < 4.78 is 12.3. The topological polar surface area (TPSA) is 64.4 Å². The highest BCUT2D eigenvalue weighted by atomic mass is 32.2. The van der Waals surface area contributed by atoms with Crippen LogP contribution in [0.1, 0.15) is 18.4 Å². The summed E-state index contributed by atoms with van der Waals surface area (Å²) in [5.41, 5.74) is 11.5. The summed E-state index contributed by atoms with van der Waals surface area (Å²) in [5, 5.41) is 0. The van der Waals surface area contributed by atoms with Crippen LogP contribution in [0.2, 0.25) is 0 Å². The Morgan fingerprint density at radius 1 is 1.53 bits per heavy atom. The molecule has 1 atom stereocenters. The molecular formula is C10H14FN3S. The first-order valence-corrected chi connectivity index (χ1v) is 5.29. The standard InChI is InChI=1S/C10H14FN3S/c1-7(6-14-10(12)13)8-3-2-4-9(5-8)15-11/h2-5,7H,6H2,1H3,(H4,12,13,14)/t7-/m0/s1. The molecule has 82 valence electrons. The molecule has 0 saturated carbocycles. The van der Waals surface area contributed by atoms with Crippen LogP contribution < -0.4 is 11.5 Å². The maximum Gasteiger partial charge on any atom is 0.185 e. The van der Waals surface area contributed by atoms with Crippen molar-refractivity contribution >= 4 is 18.1 Å². The number of aliphatic imine (C=N–C) groups is 1. The molecule has 0 bridgehead atoms. The summed E-state index contributed by atoms with van der Waals surface area (Å²) in [6, 6.07) is 7.29. The van der Waals surface area contributed by atoms with E-state index in [2.05, 4.69) is 4.99 Å². The minimum Gasteiger partial charge on any atom is -0.370 e. The second kappa shape index (κ2) is 5.60. The van der Waals surface area contributed by atoms with E-state index in [0.717, 1.165) is 5.56 Å². The first-order chi connectivity index (χ1) is 7.13. The summed E-state index contributed by atoms with van der Waals surface area (Å²) >= 11 is 0.240. The van der Waals surface area contributed by atoms with Gasteiger partial charge in [-0.05, 0) is 17.7 Å². The Labute approximate surface area is 93.1 Å². The molecule has 1 rings (SSSR count). The Morgan fingerprint density at radius 2 is 2.27 bits per heavy atom. The minimum atomic E-state index is 0.0814. The zero-order chi connectivity index (χ0) is 11.3. The lowest BCUT2D eigenvalue weighted by atomic mass is 10.0. The normalized spacial score (nSPS) is 12.1. The molecule has 0 saturated heterocycles. The number of rotatable bonds is 4. The van der Waals surface area contributed by atoms with Crippen molar-refractivity contribution in [2.24, 2.45) is 16.5 Å². The Kier molecular flexibility index (Phi) is 4.42. The van der Waals surface area contributed by atoms with Gasteiger partial charge in [0.05, 0.1) is 12.1 Å². The van der Waals surface area contributed by atoms with E-state index in [1.807, 2.05) is 19.1 Å². The van der Waals surface area contributed by atoms with Crippen molar-refractivity contribution in [3.05, 3.63) is 29.8 Å². The van der Waals surface area contributed by atoms with Crippen LogP contribution in [0, 0.1) is 0 Å². The third-order valence-corrected chi connectivity index (χ3v) is 2.50. The van der Waals surface area contributed by atoms with Gasteiger partial charge < -0.3 is 11.5 Å². The third-order valence-electron chi connectivity index (χ3n) is 2.06. The average Bonchev–Trinajstić information content (AvgIpc) is 2.26. The highest BCUT2D eigenvalue weighted by Crippen LogP contribution is 2.23. The number of benzene rings is 1. The Morgan fingerprint density at radius 3 is 2.87 bits per heavy atom. The van der Waals surface area contributed by atoms with Crippen molar-refractivity contribution in [1.82, 2.24) is 0 Å². The van der Waals surface area contributed by atoms with Crippen LogP contribution in [-0.4, -0.2) is 12.5 Å². The molecular weight excluding hydrogens is 213 g/mol. The minimum absolute atomic E-state index is 0.0814. The van der Waals surface area contributed by atoms with Crippen molar-refractivity contribution in [1.29, 1.82) is 0 Å². The molecule has 0 fully saturated rings. The monoisotopic (exact) mass is 227 g/mol. The summed E-state index contributed by atoms with van der Waals surface area (Å²) in [5.74, 6) is 0.261. The van der Waals surface area contributed by atoms with E-state index in [0.29, 0.717) is 11.4 Å². The van der Waals surface area contributed by atoms with Crippen LogP contribution in [0.5, 0.6) is 0 Å². The van der Waals surface area contributed by atoms with E-state index in [1.54, 1.807) is 12.1 Å². The zero-order valence-corrected chi connectivity index (χ0v) is 9.30. The highest BCUT2D eigenvalue weighted by molar-refractivity contribution is 7.94. The molecule has 4 N–H and O–H groups in total. The van der Waals surface area contributed by atoms with Crippen molar-refractivity contribution in [2.45, 2.75) is 17.7 Å². The molecule has 0 aliphatic heterocycles. The van der Waals surface area contributed by atoms with Crippen molar-refractivity contribution in [2.75, 3.05) is 6.54 Å². The number of nitrogens with zero attached hydrogens (tertiary/aromatic N) is 1. The smallest absolute Gasteiger partial charge is 0.185 e. The molecule has 0 amide bonds. The molecule has 0 spiro atoms. The van der Waals surface area contributed by atoms with Gasteiger partial charge in [-0.15, -0.1) is 0 Å². The molecule has 0 radical (unpaired) electrons. The predicted molar refractivity (Wildman–Crippen MR) is 62.5 cm³/mol. The van der Waals surface area contributed by atoms with Crippen molar-refractivity contribution in [3.63, 3.8) is 0 Å². The van der Waals surface area contributed by atoms with Gasteiger partial charge in [0.15, 0.2) is 5.96 Å². The van der Waals surface area contributed by atoms with Crippen molar-refractivity contribution in [3.8, 4) is 0 Å². The molecule has 0 unspecified atom stereocenters. The van der Waals surface area contributed by atoms with Crippen LogP contribution in [0.15, 0.2) is 34.2 Å². The lowest BCUT2D eigenvalue weighted by Gasteiger charge is -2.09. The van der Waals surface area contributed by atoms with Gasteiger partial charge in [0.2, 0.25) is 0 Å². The second-order valence-corrected chi connectivity index (χ2v) is 3.94. The Balaban J connectivity index is 2.72. The van der Waals surface area contributed by atoms with E-state index in [1.165, 1.54) is 0 Å². The van der Waals surface area contributed by atoms with Crippen LogP contribution >= 0.6 is 12.1 Å². The van der Waals surface area contributed by atoms with E-state index in [-0.39, 0.29) is 24.0 Å². The molecule has 1 aromatic carbocycles. The van der Waals surface area contributed by atoms with Gasteiger partial charge in [-0.2, -0.15) is 3.89 Å². The molecule has 15 heavy (non-hydrogen) atoms. The van der Waals surface area contributed by atoms with Crippen molar-refractivity contribution < 1.29 is 3.89 Å². The number of hydrogen-bond donors (Lipinski definition) is 2. The molecule has 1 aromatic rings. The lowest BCUT2D eigenvalue weighted by Crippen LogP contribution is -2.23. The third kappa shape index (κ3) is 3.79. The van der Waals surface area contributed by atoms with Gasteiger partial charge in [-0.3, -0.25) is 4.99 Å². The summed E-state index contributed by atoms with van der Waals surface area (Å²) in [6.07, 6.45) is 0. The first-order valence-electron chi connectivity index (χ1n) is 4.57. The van der Waals surface area contributed by atoms with Gasteiger partial charge >= 0.3 is 0 Å². The fraction of sp³-hybridized carbons (Fsp3) is 0.300. The number of hydrogen-bond acceptors (Lipinski definition) is 2. The lowest BCUT2D eigenvalue weighted by molar-refractivity contribution is 0.770. The van der Waals surface area contributed by atoms with Crippen LogP contribution in [0.25, 0.3) is 0 Å². The molecule has 3 nitrogen and oxygen atoms in total. The number of nitrogens with two attached hydrogens (primary N) is 2. The van der Waals surface area contributed by atoms with Gasteiger partial charge in [-0.1, -0.05) is 19.1 Å². The summed E-state index contributed by atoms with van der Waals surface area (Å²) in [6.45, 7) is 2.51. The number of halogens is 1. The summed E-state index contributed by atoms with van der Waals surface area (Å²) in [7, 11) is 0. The van der Waals surface area contributed by atoms with E-state index in [4.69, 9.17) is 11.5 Å². The van der Waals surface area contributed by atoms with Gasteiger partial charge in [0.25, 0.3) is 0 Å².